The zero-order chi connectivity index (χ0) is 10.7. The van der Waals surface area contributed by atoms with E-state index in [0.717, 1.165) is 6.07 Å². The Hall–Kier alpha value is -1.04. The summed E-state index contributed by atoms with van der Waals surface area (Å²) < 4.78 is 12.7. The van der Waals surface area contributed by atoms with Crippen molar-refractivity contribution in [2.75, 3.05) is 0 Å². The van der Waals surface area contributed by atoms with Gasteiger partial charge in [-0.15, -0.1) is 0 Å². The first kappa shape index (κ1) is 11.0. The van der Waals surface area contributed by atoms with E-state index in [1.54, 1.807) is 6.92 Å². The molecule has 14 heavy (non-hydrogen) atoms. The number of nitriles is 1. The molecule has 0 amide bonds. The predicted octanol–water partition coefficient (Wildman–Crippen LogP) is 3.97. The monoisotopic (exact) mass is 229 g/mol. The molecule has 0 saturated heterocycles. The fraction of sp³-hybridized carbons (Fsp3) is 0.100. The molecule has 0 aliphatic heterocycles. The van der Waals surface area contributed by atoms with Crippen LogP contribution >= 0.6 is 23.2 Å². The summed E-state index contributed by atoms with van der Waals surface area (Å²) in [6.45, 7) is 1.57. The lowest BCUT2D eigenvalue weighted by Gasteiger charge is -2.03. The Kier molecular flexibility index (Phi) is 3.51. The molecule has 0 saturated carbocycles. The van der Waals surface area contributed by atoms with Crippen LogP contribution in [0.1, 0.15) is 12.5 Å². The minimum absolute atomic E-state index is 0.199. The average Bonchev–Trinajstić information content (AvgIpc) is 2.15. The van der Waals surface area contributed by atoms with Crippen molar-refractivity contribution in [2.24, 2.45) is 0 Å². The molecule has 1 rings (SSSR count). The van der Waals surface area contributed by atoms with Crippen LogP contribution in [0.5, 0.6) is 0 Å². The minimum Gasteiger partial charge on any atom is -0.207 e. The number of rotatable bonds is 1. The molecule has 1 nitrogen and oxygen atoms in total. The predicted molar refractivity (Wildman–Crippen MR) is 55.5 cm³/mol. The van der Waals surface area contributed by atoms with E-state index in [9.17, 15) is 4.39 Å². The van der Waals surface area contributed by atoms with Crippen LogP contribution in [0.15, 0.2) is 23.8 Å². The van der Waals surface area contributed by atoms with E-state index >= 15 is 0 Å². The maximum Gasteiger partial charge on any atom is 0.124 e. The van der Waals surface area contributed by atoms with Gasteiger partial charge in [0.15, 0.2) is 0 Å². The quantitative estimate of drug-likeness (QED) is 0.669. The average molecular weight is 230 g/mol. The summed E-state index contributed by atoms with van der Waals surface area (Å²) in [6, 6.07) is 5.75. The molecular formula is C10H6Cl2FN. The highest BCUT2D eigenvalue weighted by molar-refractivity contribution is 6.51. The van der Waals surface area contributed by atoms with Crippen LogP contribution in [0, 0.1) is 17.1 Å². The molecule has 0 spiro atoms. The summed E-state index contributed by atoms with van der Waals surface area (Å²) in [5.41, 5.74) is 0.814. The lowest BCUT2D eigenvalue weighted by Crippen LogP contribution is -1.84. The number of hydrogen-bond acceptors (Lipinski definition) is 1. The van der Waals surface area contributed by atoms with Crippen molar-refractivity contribution in [3.63, 3.8) is 0 Å². The van der Waals surface area contributed by atoms with Crippen LogP contribution in [-0.2, 0) is 0 Å². The van der Waals surface area contributed by atoms with Crippen LogP contribution in [0.25, 0.3) is 5.03 Å². The van der Waals surface area contributed by atoms with Crippen LogP contribution in [-0.4, -0.2) is 0 Å². The largest absolute Gasteiger partial charge is 0.207 e. The summed E-state index contributed by atoms with van der Waals surface area (Å²) in [7, 11) is 0. The lowest BCUT2D eigenvalue weighted by molar-refractivity contribution is 0.628. The van der Waals surface area contributed by atoms with E-state index in [2.05, 4.69) is 0 Å². The third-order valence-electron chi connectivity index (χ3n) is 1.66. The van der Waals surface area contributed by atoms with Gasteiger partial charge in [0, 0.05) is 11.1 Å². The van der Waals surface area contributed by atoms with Crippen LogP contribution in [0.4, 0.5) is 4.39 Å². The second-order valence-corrected chi connectivity index (χ2v) is 3.46. The van der Waals surface area contributed by atoms with Crippen LogP contribution in [0.3, 0.4) is 0 Å². The molecular weight excluding hydrogens is 224 g/mol. The fourth-order valence-corrected chi connectivity index (χ4v) is 1.44. The molecule has 4 heteroatoms. The second-order valence-electron chi connectivity index (χ2n) is 2.67. The molecule has 0 radical (unpaired) electrons. The standard InChI is InChI=1S/C10H6Cl2FN/c1-6(5-14)10(12)8-3-2-7(13)4-9(8)11/h2-4H,1H3/b10-6-. The van der Waals surface area contributed by atoms with E-state index in [4.69, 9.17) is 28.5 Å². The Morgan fingerprint density at radius 2 is 2.14 bits per heavy atom. The third-order valence-corrected chi connectivity index (χ3v) is 2.46. The van der Waals surface area contributed by atoms with Gasteiger partial charge in [0.25, 0.3) is 0 Å². The normalized spacial score (nSPS) is 11.9. The lowest BCUT2D eigenvalue weighted by atomic mass is 10.1. The third kappa shape index (κ3) is 2.25. The van der Waals surface area contributed by atoms with Gasteiger partial charge in [0.2, 0.25) is 0 Å². The van der Waals surface area contributed by atoms with Crippen molar-refractivity contribution in [3.05, 3.63) is 40.2 Å². The summed E-state index contributed by atoms with van der Waals surface area (Å²) in [6.07, 6.45) is 0. The summed E-state index contributed by atoms with van der Waals surface area (Å²) in [5.74, 6) is -0.433. The number of hydrogen-bond donors (Lipinski definition) is 0. The van der Waals surface area contributed by atoms with Crippen LogP contribution < -0.4 is 0 Å². The molecule has 1 aromatic rings. The van der Waals surface area contributed by atoms with Crippen molar-refractivity contribution >= 4 is 28.2 Å². The highest BCUT2D eigenvalue weighted by Gasteiger charge is 2.08. The molecule has 0 unspecified atom stereocenters. The molecule has 0 N–H and O–H groups in total. The van der Waals surface area contributed by atoms with Gasteiger partial charge < -0.3 is 0 Å². The highest BCUT2D eigenvalue weighted by atomic mass is 35.5. The van der Waals surface area contributed by atoms with Crippen molar-refractivity contribution in [3.8, 4) is 6.07 Å². The molecule has 0 fully saturated rings. The van der Waals surface area contributed by atoms with E-state index in [1.165, 1.54) is 12.1 Å². The van der Waals surface area contributed by atoms with Gasteiger partial charge in [-0.3, -0.25) is 0 Å². The minimum atomic E-state index is -0.433. The van der Waals surface area contributed by atoms with E-state index < -0.39 is 5.82 Å². The van der Waals surface area contributed by atoms with E-state index in [1.807, 2.05) is 6.07 Å². The smallest absolute Gasteiger partial charge is 0.124 e. The van der Waals surface area contributed by atoms with Gasteiger partial charge in [-0.05, 0) is 25.1 Å². The van der Waals surface area contributed by atoms with Gasteiger partial charge in [-0.1, -0.05) is 23.2 Å². The van der Waals surface area contributed by atoms with Crippen LogP contribution in [0.2, 0.25) is 5.02 Å². The Morgan fingerprint density at radius 3 is 2.64 bits per heavy atom. The van der Waals surface area contributed by atoms with Gasteiger partial charge >= 0.3 is 0 Å². The van der Waals surface area contributed by atoms with Crippen molar-refractivity contribution in [1.29, 1.82) is 5.26 Å². The molecule has 0 aliphatic rings. The van der Waals surface area contributed by atoms with E-state index in [-0.39, 0.29) is 10.1 Å². The molecule has 0 atom stereocenters. The molecule has 0 aliphatic carbocycles. The van der Waals surface area contributed by atoms with Crippen molar-refractivity contribution < 1.29 is 4.39 Å². The van der Waals surface area contributed by atoms with Gasteiger partial charge in [-0.2, -0.15) is 5.26 Å². The zero-order valence-corrected chi connectivity index (χ0v) is 8.83. The number of allylic oxidation sites excluding steroid dienone is 1. The Morgan fingerprint density at radius 1 is 1.50 bits per heavy atom. The topological polar surface area (TPSA) is 23.8 Å². The van der Waals surface area contributed by atoms with Crippen molar-refractivity contribution in [2.45, 2.75) is 6.92 Å². The number of nitrogens with zero attached hydrogens (tertiary/aromatic N) is 1. The first-order chi connectivity index (χ1) is 6.56. The highest BCUT2D eigenvalue weighted by Crippen LogP contribution is 2.29. The van der Waals surface area contributed by atoms with E-state index in [0.29, 0.717) is 11.1 Å². The summed E-state index contributed by atoms with van der Waals surface area (Å²) >= 11 is 11.6. The summed E-state index contributed by atoms with van der Waals surface area (Å²) in [5, 5.41) is 9.05. The molecule has 1 aromatic carbocycles. The summed E-state index contributed by atoms with van der Waals surface area (Å²) in [4.78, 5) is 0. The van der Waals surface area contributed by atoms with Gasteiger partial charge in [-0.25, -0.2) is 4.39 Å². The SMILES string of the molecule is C/C(C#N)=C(/Cl)c1ccc(F)cc1Cl. The number of benzene rings is 1. The molecule has 72 valence electrons. The number of halogens is 3. The fourth-order valence-electron chi connectivity index (χ4n) is 0.919. The Bertz CT molecular complexity index is 432. The maximum atomic E-state index is 12.7. The second kappa shape index (κ2) is 4.45. The maximum absolute atomic E-state index is 12.7. The van der Waals surface area contributed by atoms with Gasteiger partial charge in [0.1, 0.15) is 5.82 Å². The first-order valence-electron chi connectivity index (χ1n) is 3.78. The Balaban J connectivity index is 3.29. The van der Waals surface area contributed by atoms with Crippen molar-refractivity contribution in [1.82, 2.24) is 0 Å². The zero-order valence-electron chi connectivity index (χ0n) is 7.31. The molecule has 0 bridgehead atoms. The van der Waals surface area contributed by atoms with Gasteiger partial charge in [0.05, 0.1) is 16.1 Å². The Labute approximate surface area is 91.4 Å². The first-order valence-corrected chi connectivity index (χ1v) is 4.53. The molecule has 0 aromatic heterocycles. The molecule has 0 heterocycles.